The SMILES string of the molecule is O=C(O)N1Cc2c(Br)cccc2C1=O. The van der Waals surface area contributed by atoms with Gasteiger partial charge in [0.25, 0.3) is 5.91 Å². The monoisotopic (exact) mass is 255 g/mol. The molecule has 0 radical (unpaired) electrons. The normalized spacial score (nSPS) is 14.4. The zero-order valence-corrected chi connectivity index (χ0v) is 8.61. The van der Waals surface area contributed by atoms with E-state index in [0.717, 1.165) is 14.9 Å². The number of benzene rings is 1. The van der Waals surface area contributed by atoms with Gasteiger partial charge in [-0.3, -0.25) is 4.79 Å². The molecular formula is C9H6BrNO3. The number of nitrogens with zero attached hydrogens (tertiary/aromatic N) is 1. The number of rotatable bonds is 0. The van der Waals surface area contributed by atoms with E-state index in [1.807, 2.05) is 0 Å². The Bertz CT molecular complexity index is 430. The van der Waals surface area contributed by atoms with Crippen LogP contribution in [0.5, 0.6) is 0 Å². The van der Waals surface area contributed by atoms with Gasteiger partial charge in [0.05, 0.1) is 6.54 Å². The molecule has 1 N–H and O–H groups in total. The lowest BCUT2D eigenvalue weighted by atomic mass is 10.1. The highest BCUT2D eigenvalue weighted by Crippen LogP contribution is 2.29. The number of fused-ring (bicyclic) bond motifs is 1. The minimum Gasteiger partial charge on any atom is -0.465 e. The van der Waals surface area contributed by atoms with Gasteiger partial charge in [-0.15, -0.1) is 0 Å². The van der Waals surface area contributed by atoms with Gasteiger partial charge in [-0.1, -0.05) is 22.0 Å². The molecule has 0 fully saturated rings. The van der Waals surface area contributed by atoms with Crippen LogP contribution >= 0.6 is 15.9 Å². The van der Waals surface area contributed by atoms with Crippen molar-refractivity contribution < 1.29 is 14.7 Å². The zero-order chi connectivity index (χ0) is 10.3. The Balaban J connectivity index is 2.50. The largest absolute Gasteiger partial charge is 0.465 e. The van der Waals surface area contributed by atoms with Crippen LogP contribution in [0.15, 0.2) is 22.7 Å². The van der Waals surface area contributed by atoms with Crippen molar-refractivity contribution in [2.75, 3.05) is 0 Å². The highest BCUT2D eigenvalue weighted by Gasteiger charge is 2.32. The lowest BCUT2D eigenvalue weighted by Gasteiger charge is -2.06. The summed E-state index contributed by atoms with van der Waals surface area (Å²) in [5.74, 6) is -0.450. The fourth-order valence-electron chi connectivity index (χ4n) is 1.45. The number of hydrogen-bond acceptors (Lipinski definition) is 2. The van der Waals surface area contributed by atoms with E-state index in [1.54, 1.807) is 18.2 Å². The van der Waals surface area contributed by atoms with Crippen LogP contribution in [0.25, 0.3) is 0 Å². The van der Waals surface area contributed by atoms with E-state index >= 15 is 0 Å². The van der Waals surface area contributed by atoms with E-state index in [1.165, 1.54) is 0 Å². The zero-order valence-electron chi connectivity index (χ0n) is 7.03. The van der Waals surface area contributed by atoms with Crippen LogP contribution in [0.1, 0.15) is 15.9 Å². The number of imide groups is 1. The van der Waals surface area contributed by atoms with Gasteiger partial charge in [0.2, 0.25) is 0 Å². The standard InChI is InChI=1S/C9H6BrNO3/c10-7-3-1-2-5-6(7)4-11(8(5)12)9(13)14/h1-3H,4H2,(H,13,14). The molecule has 5 heteroatoms. The second kappa shape index (κ2) is 3.09. The first kappa shape index (κ1) is 9.21. The molecule has 1 aromatic carbocycles. The molecule has 4 nitrogen and oxygen atoms in total. The van der Waals surface area contributed by atoms with E-state index in [4.69, 9.17) is 5.11 Å². The second-order valence-electron chi connectivity index (χ2n) is 2.94. The highest BCUT2D eigenvalue weighted by molar-refractivity contribution is 9.10. The minimum absolute atomic E-state index is 0.130. The topological polar surface area (TPSA) is 57.6 Å². The lowest BCUT2D eigenvalue weighted by Crippen LogP contribution is -2.29. The first-order valence-corrected chi connectivity index (χ1v) is 4.72. The predicted molar refractivity (Wildman–Crippen MR) is 52.0 cm³/mol. The Morgan fingerprint density at radius 1 is 1.50 bits per heavy atom. The Labute approximate surface area is 88.3 Å². The summed E-state index contributed by atoms with van der Waals surface area (Å²) in [5, 5.41) is 8.74. The fraction of sp³-hybridized carbons (Fsp3) is 0.111. The second-order valence-corrected chi connectivity index (χ2v) is 3.79. The maximum Gasteiger partial charge on any atom is 0.414 e. The third kappa shape index (κ3) is 1.21. The Morgan fingerprint density at radius 2 is 2.21 bits per heavy atom. The number of carbonyl (C=O) groups excluding carboxylic acids is 1. The number of amides is 2. The van der Waals surface area contributed by atoms with E-state index in [-0.39, 0.29) is 6.54 Å². The summed E-state index contributed by atoms with van der Waals surface area (Å²) in [5.41, 5.74) is 1.20. The van der Waals surface area contributed by atoms with E-state index in [9.17, 15) is 9.59 Å². The third-order valence-electron chi connectivity index (χ3n) is 2.14. The first-order chi connectivity index (χ1) is 6.61. The maximum atomic E-state index is 11.5. The number of hydrogen-bond donors (Lipinski definition) is 1. The molecule has 0 saturated carbocycles. The van der Waals surface area contributed by atoms with Crippen molar-refractivity contribution in [3.05, 3.63) is 33.8 Å². The van der Waals surface area contributed by atoms with Crippen molar-refractivity contribution in [3.63, 3.8) is 0 Å². The number of carboxylic acid groups (broad SMARTS) is 1. The molecule has 0 bridgehead atoms. The van der Waals surface area contributed by atoms with E-state index < -0.39 is 12.0 Å². The third-order valence-corrected chi connectivity index (χ3v) is 2.88. The predicted octanol–water partition coefficient (Wildman–Crippen LogP) is 2.08. The maximum absolute atomic E-state index is 11.5. The highest BCUT2D eigenvalue weighted by atomic mass is 79.9. The number of carbonyl (C=O) groups is 2. The van der Waals surface area contributed by atoms with Gasteiger partial charge in [-0.05, 0) is 17.7 Å². The summed E-state index contributed by atoms with van der Waals surface area (Å²) in [6.07, 6.45) is -1.21. The molecule has 0 unspecified atom stereocenters. The summed E-state index contributed by atoms with van der Waals surface area (Å²) >= 11 is 3.28. The van der Waals surface area contributed by atoms with Gasteiger partial charge in [0.1, 0.15) is 0 Å². The Morgan fingerprint density at radius 3 is 2.79 bits per heavy atom. The van der Waals surface area contributed by atoms with Crippen molar-refractivity contribution in [2.45, 2.75) is 6.54 Å². The average Bonchev–Trinajstić information content (AvgIpc) is 2.46. The van der Waals surface area contributed by atoms with Gasteiger partial charge >= 0.3 is 6.09 Å². The smallest absolute Gasteiger partial charge is 0.414 e. The quantitative estimate of drug-likeness (QED) is 0.773. The molecule has 2 amide bonds. The van der Waals surface area contributed by atoms with Gasteiger partial charge in [-0.2, -0.15) is 0 Å². The Kier molecular flexibility index (Phi) is 2.03. The Hall–Kier alpha value is -1.36. The van der Waals surface area contributed by atoms with E-state index in [0.29, 0.717) is 5.56 Å². The molecule has 1 aromatic rings. The molecule has 1 heterocycles. The summed E-state index contributed by atoms with van der Waals surface area (Å²) < 4.78 is 0.770. The van der Waals surface area contributed by atoms with Crippen LogP contribution in [0.3, 0.4) is 0 Å². The van der Waals surface area contributed by atoms with Crippen LogP contribution in [0.4, 0.5) is 4.79 Å². The summed E-state index contributed by atoms with van der Waals surface area (Å²) in [7, 11) is 0. The molecule has 1 aliphatic heterocycles. The van der Waals surface area contributed by atoms with Crippen molar-refractivity contribution >= 4 is 27.9 Å². The molecular weight excluding hydrogens is 250 g/mol. The van der Waals surface area contributed by atoms with Crippen LogP contribution in [0, 0.1) is 0 Å². The fourth-order valence-corrected chi connectivity index (χ4v) is 1.94. The minimum atomic E-state index is -1.21. The van der Waals surface area contributed by atoms with Crippen LogP contribution < -0.4 is 0 Å². The van der Waals surface area contributed by atoms with Crippen LogP contribution in [0.2, 0.25) is 0 Å². The van der Waals surface area contributed by atoms with Gasteiger partial charge < -0.3 is 5.11 Å². The average molecular weight is 256 g/mol. The first-order valence-electron chi connectivity index (χ1n) is 3.93. The van der Waals surface area contributed by atoms with Crippen molar-refractivity contribution in [2.24, 2.45) is 0 Å². The number of halogens is 1. The molecule has 0 aliphatic carbocycles. The van der Waals surface area contributed by atoms with Gasteiger partial charge in [-0.25, -0.2) is 9.69 Å². The summed E-state index contributed by atoms with van der Waals surface area (Å²) in [6, 6.07) is 5.13. The van der Waals surface area contributed by atoms with Gasteiger partial charge in [0.15, 0.2) is 0 Å². The summed E-state index contributed by atoms with van der Waals surface area (Å²) in [6.45, 7) is 0.130. The van der Waals surface area contributed by atoms with Crippen LogP contribution in [-0.4, -0.2) is 22.0 Å². The molecule has 0 atom stereocenters. The van der Waals surface area contributed by atoms with E-state index in [2.05, 4.69) is 15.9 Å². The molecule has 0 spiro atoms. The molecule has 72 valence electrons. The molecule has 0 saturated heterocycles. The molecule has 2 rings (SSSR count). The molecule has 14 heavy (non-hydrogen) atoms. The van der Waals surface area contributed by atoms with Crippen LogP contribution in [-0.2, 0) is 6.54 Å². The van der Waals surface area contributed by atoms with Crippen molar-refractivity contribution in [1.29, 1.82) is 0 Å². The van der Waals surface area contributed by atoms with Crippen molar-refractivity contribution in [1.82, 2.24) is 4.90 Å². The van der Waals surface area contributed by atoms with Crippen molar-refractivity contribution in [3.8, 4) is 0 Å². The summed E-state index contributed by atoms with van der Waals surface area (Å²) in [4.78, 5) is 23.0. The molecule has 0 aromatic heterocycles. The molecule has 1 aliphatic rings. The van der Waals surface area contributed by atoms with Gasteiger partial charge in [0, 0.05) is 10.0 Å². The lowest BCUT2D eigenvalue weighted by molar-refractivity contribution is 0.0763.